The van der Waals surface area contributed by atoms with Crippen LogP contribution in [-0.2, 0) is 25.5 Å². The zero-order chi connectivity index (χ0) is 15.1. The molecule has 0 saturated heterocycles. The molecule has 2 N–H and O–H groups in total. The van der Waals surface area contributed by atoms with Gasteiger partial charge in [0, 0.05) is 4.47 Å². The maximum Gasteiger partial charge on any atom is 0.326 e. The Labute approximate surface area is 124 Å². The molecule has 108 valence electrons. The van der Waals surface area contributed by atoms with Crippen molar-refractivity contribution in [1.82, 2.24) is 5.32 Å². The number of rotatable bonds is 6. The van der Waals surface area contributed by atoms with Crippen molar-refractivity contribution in [2.45, 2.75) is 18.9 Å². The molecule has 1 aromatic carbocycles. The number of carbonyl (C=O) groups excluding carboxylic acids is 2. The van der Waals surface area contributed by atoms with E-state index in [0.29, 0.717) is 0 Å². The van der Waals surface area contributed by atoms with Crippen LogP contribution in [-0.4, -0.2) is 36.1 Å². The summed E-state index contributed by atoms with van der Waals surface area (Å²) in [6, 6.07) is 5.78. The third kappa shape index (κ3) is 5.40. The van der Waals surface area contributed by atoms with Crippen molar-refractivity contribution in [3.8, 4) is 0 Å². The van der Waals surface area contributed by atoms with Crippen LogP contribution in [0.3, 0.4) is 0 Å². The molecule has 7 heteroatoms. The van der Waals surface area contributed by atoms with Gasteiger partial charge in [-0.2, -0.15) is 0 Å². The number of hydrogen-bond donors (Lipinski definition) is 2. The summed E-state index contributed by atoms with van der Waals surface area (Å²) >= 11 is 3.28. The van der Waals surface area contributed by atoms with Crippen molar-refractivity contribution in [1.29, 1.82) is 0 Å². The molecule has 0 heterocycles. The topological polar surface area (TPSA) is 92.7 Å². The van der Waals surface area contributed by atoms with Crippen molar-refractivity contribution in [2.75, 3.05) is 7.11 Å². The molecule has 0 fully saturated rings. The molecule has 6 nitrogen and oxygen atoms in total. The van der Waals surface area contributed by atoms with Crippen molar-refractivity contribution < 1.29 is 24.2 Å². The van der Waals surface area contributed by atoms with Gasteiger partial charge in [-0.3, -0.25) is 9.59 Å². The van der Waals surface area contributed by atoms with Gasteiger partial charge in [0.25, 0.3) is 0 Å². The molecule has 0 bridgehead atoms. The summed E-state index contributed by atoms with van der Waals surface area (Å²) in [5.74, 6) is -2.44. The zero-order valence-corrected chi connectivity index (χ0v) is 12.3. The fourth-order valence-corrected chi connectivity index (χ4v) is 1.75. The van der Waals surface area contributed by atoms with Crippen LogP contribution in [0, 0.1) is 0 Å². The van der Waals surface area contributed by atoms with Gasteiger partial charge in [-0.1, -0.05) is 28.1 Å². The van der Waals surface area contributed by atoms with Gasteiger partial charge in [0.15, 0.2) is 0 Å². The lowest BCUT2D eigenvalue weighted by atomic mass is 10.1. The van der Waals surface area contributed by atoms with E-state index in [1.165, 1.54) is 0 Å². The Morgan fingerprint density at radius 2 is 1.90 bits per heavy atom. The van der Waals surface area contributed by atoms with Crippen molar-refractivity contribution in [3.05, 3.63) is 34.3 Å². The number of esters is 1. The van der Waals surface area contributed by atoms with E-state index in [-0.39, 0.29) is 6.42 Å². The summed E-state index contributed by atoms with van der Waals surface area (Å²) in [7, 11) is 1.16. The Hall–Kier alpha value is -1.89. The molecule has 20 heavy (non-hydrogen) atoms. The number of nitrogens with one attached hydrogen (secondary N) is 1. The number of benzene rings is 1. The van der Waals surface area contributed by atoms with E-state index in [9.17, 15) is 14.4 Å². The minimum atomic E-state index is -1.29. The maximum atomic E-state index is 11.7. The highest BCUT2D eigenvalue weighted by Gasteiger charge is 2.23. The summed E-state index contributed by atoms with van der Waals surface area (Å²) in [6.45, 7) is 0. The normalized spacial score (nSPS) is 11.5. The van der Waals surface area contributed by atoms with Gasteiger partial charge in [-0.15, -0.1) is 0 Å². The Morgan fingerprint density at radius 3 is 2.40 bits per heavy atom. The van der Waals surface area contributed by atoms with Gasteiger partial charge in [-0.05, 0) is 17.7 Å². The lowest BCUT2D eigenvalue weighted by molar-refractivity contribution is -0.148. The molecule has 0 aromatic heterocycles. The van der Waals surface area contributed by atoms with E-state index in [1.807, 2.05) is 0 Å². The molecular weight excluding hydrogens is 330 g/mol. The molecule has 1 aromatic rings. The standard InChI is InChI=1S/C13H14BrNO5/c1-20-12(17)7-10(13(18)19)15-11(16)6-8-2-4-9(14)5-3-8/h2-5,10H,6-7H2,1H3,(H,15,16)(H,18,19)/t10-/m0/s1. The minimum absolute atomic E-state index is 0.0399. The highest BCUT2D eigenvalue weighted by molar-refractivity contribution is 9.10. The molecular formula is C13H14BrNO5. The lowest BCUT2D eigenvalue weighted by Crippen LogP contribution is -2.43. The van der Waals surface area contributed by atoms with Crippen molar-refractivity contribution in [2.24, 2.45) is 0 Å². The van der Waals surface area contributed by atoms with Crippen LogP contribution in [0.1, 0.15) is 12.0 Å². The van der Waals surface area contributed by atoms with Crippen LogP contribution >= 0.6 is 15.9 Å². The second kappa shape index (κ2) is 7.64. The Kier molecular flexibility index (Phi) is 6.17. The van der Waals surface area contributed by atoms with Crippen molar-refractivity contribution in [3.63, 3.8) is 0 Å². The van der Waals surface area contributed by atoms with E-state index in [4.69, 9.17) is 5.11 Å². The molecule has 0 aliphatic carbocycles. The van der Waals surface area contributed by atoms with E-state index >= 15 is 0 Å². The van der Waals surface area contributed by atoms with Gasteiger partial charge in [0.05, 0.1) is 20.0 Å². The molecule has 1 amide bonds. The minimum Gasteiger partial charge on any atom is -0.480 e. The Balaban J connectivity index is 2.60. The third-order valence-electron chi connectivity index (χ3n) is 2.51. The highest BCUT2D eigenvalue weighted by Crippen LogP contribution is 2.11. The van der Waals surface area contributed by atoms with Crippen LogP contribution in [0.4, 0.5) is 0 Å². The molecule has 1 rings (SSSR count). The second-order valence-electron chi connectivity index (χ2n) is 4.04. The van der Waals surface area contributed by atoms with E-state index in [2.05, 4.69) is 26.0 Å². The predicted molar refractivity (Wildman–Crippen MR) is 74.0 cm³/mol. The fraction of sp³-hybridized carbons (Fsp3) is 0.308. The molecule has 0 aliphatic rings. The van der Waals surface area contributed by atoms with E-state index < -0.39 is 30.3 Å². The quantitative estimate of drug-likeness (QED) is 0.755. The first-order valence-corrected chi connectivity index (χ1v) is 6.55. The average molecular weight is 344 g/mol. The van der Waals surface area contributed by atoms with E-state index in [1.54, 1.807) is 24.3 Å². The molecule has 0 unspecified atom stereocenters. The summed E-state index contributed by atoms with van der Waals surface area (Å²) in [4.78, 5) is 33.8. The van der Waals surface area contributed by atoms with Gasteiger partial charge >= 0.3 is 11.9 Å². The first-order chi connectivity index (χ1) is 9.42. The van der Waals surface area contributed by atoms with Crippen LogP contribution in [0.2, 0.25) is 0 Å². The first kappa shape index (κ1) is 16.2. The Bertz CT molecular complexity index is 500. The molecule has 1 atom stereocenters. The second-order valence-corrected chi connectivity index (χ2v) is 4.96. The monoisotopic (exact) mass is 343 g/mol. The van der Waals surface area contributed by atoms with Crippen LogP contribution in [0.5, 0.6) is 0 Å². The predicted octanol–water partition coefficient (Wildman–Crippen LogP) is 1.12. The van der Waals surface area contributed by atoms with Crippen LogP contribution in [0.25, 0.3) is 0 Å². The average Bonchev–Trinajstić information content (AvgIpc) is 2.40. The summed E-state index contributed by atoms with van der Waals surface area (Å²) < 4.78 is 5.27. The SMILES string of the molecule is COC(=O)C[C@H](NC(=O)Cc1ccc(Br)cc1)C(=O)O. The van der Waals surface area contributed by atoms with Crippen LogP contribution in [0.15, 0.2) is 28.7 Å². The Morgan fingerprint density at radius 1 is 1.30 bits per heavy atom. The van der Waals surface area contributed by atoms with Gasteiger partial charge in [0.2, 0.25) is 5.91 Å². The van der Waals surface area contributed by atoms with Gasteiger partial charge in [0.1, 0.15) is 6.04 Å². The van der Waals surface area contributed by atoms with Crippen LogP contribution < -0.4 is 5.32 Å². The number of methoxy groups -OCH3 is 1. The molecule has 0 saturated carbocycles. The smallest absolute Gasteiger partial charge is 0.326 e. The summed E-state index contributed by atoms with van der Waals surface area (Å²) in [5.41, 5.74) is 0.743. The number of ether oxygens (including phenoxy) is 1. The van der Waals surface area contributed by atoms with Gasteiger partial charge in [-0.25, -0.2) is 4.79 Å². The number of carboxylic acids is 1. The highest BCUT2D eigenvalue weighted by atomic mass is 79.9. The lowest BCUT2D eigenvalue weighted by Gasteiger charge is -2.13. The van der Waals surface area contributed by atoms with Gasteiger partial charge < -0.3 is 15.2 Å². The number of hydrogen-bond acceptors (Lipinski definition) is 4. The molecule has 0 radical (unpaired) electrons. The molecule has 0 aliphatic heterocycles. The summed E-state index contributed by atoms with van der Waals surface area (Å²) in [5, 5.41) is 11.2. The number of halogens is 1. The fourth-order valence-electron chi connectivity index (χ4n) is 1.48. The number of amides is 1. The van der Waals surface area contributed by atoms with E-state index in [0.717, 1.165) is 17.1 Å². The zero-order valence-electron chi connectivity index (χ0n) is 10.8. The molecule has 0 spiro atoms. The first-order valence-electron chi connectivity index (χ1n) is 5.75. The maximum absolute atomic E-state index is 11.7. The van der Waals surface area contributed by atoms with Crippen molar-refractivity contribution >= 4 is 33.8 Å². The number of carboxylic acid groups (broad SMARTS) is 1. The number of carbonyl (C=O) groups is 3. The summed E-state index contributed by atoms with van der Waals surface area (Å²) in [6.07, 6.45) is -0.365. The number of aliphatic carboxylic acids is 1. The largest absolute Gasteiger partial charge is 0.480 e. The third-order valence-corrected chi connectivity index (χ3v) is 3.04.